The van der Waals surface area contributed by atoms with E-state index in [0.29, 0.717) is 0 Å². The van der Waals surface area contributed by atoms with Gasteiger partial charge in [-0.15, -0.1) is 11.3 Å². The first-order chi connectivity index (χ1) is 5.86. The third-order valence-electron chi connectivity index (χ3n) is 2.09. The average Bonchev–Trinajstić information content (AvgIpc) is 2.54. The summed E-state index contributed by atoms with van der Waals surface area (Å²) >= 11 is 1.82. The van der Waals surface area contributed by atoms with Crippen LogP contribution in [0.1, 0.15) is 4.88 Å². The lowest BCUT2D eigenvalue weighted by molar-refractivity contribution is 0.122. The number of hydrogen-bond acceptors (Lipinski definition) is 3. The van der Waals surface area contributed by atoms with Gasteiger partial charge in [-0.1, -0.05) is 0 Å². The molecule has 1 aliphatic heterocycles. The summed E-state index contributed by atoms with van der Waals surface area (Å²) in [5.74, 6) is 0. The third-order valence-corrected chi connectivity index (χ3v) is 2.94. The number of ether oxygens (including phenoxy) is 1. The summed E-state index contributed by atoms with van der Waals surface area (Å²) in [4.78, 5) is 3.77. The van der Waals surface area contributed by atoms with Crippen molar-refractivity contribution >= 4 is 17.0 Å². The fraction of sp³-hybridized carbons (Fsp3) is 0.556. The molecule has 0 N–H and O–H groups in total. The van der Waals surface area contributed by atoms with Crippen molar-refractivity contribution in [2.45, 2.75) is 6.92 Å². The van der Waals surface area contributed by atoms with E-state index in [1.54, 1.807) is 0 Å². The third kappa shape index (κ3) is 1.62. The summed E-state index contributed by atoms with van der Waals surface area (Å²) < 4.78 is 5.29. The van der Waals surface area contributed by atoms with Crippen molar-refractivity contribution in [3.05, 3.63) is 16.3 Å². The second-order valence-electron chi connectivity index (χ2n) is 3.01. The molecular formula is C9H13NOS. The molecule has 0 bridgehead atoms. The fourth-order valence-electron chi connectivity index (χ4n) is 1.42. The molecule has 2 nitrogen and oxygen atoms in total. The van der Waals surface area contributed by atoms with Crippen LogP contribution in [0, 0.1) is 6.92 Å². The zero-order valence-corrected chi connectivity index (χ0v) is 8.06. The maximum Gasteiger partial charge on any atom is 0.0642 e. The molecule has 12 heavy (non-hydrogen) atoms. The highest BCUT2D eigenvalue weighted by Crippen LogP contribution is 2.22. The van der Waals surface area contributed by atoms with Crippen LogP contribution >= 0.6 is 11.3 Å². The van der Waals surface area contributed by atoms with Crippen molar-refractivity contribution in [3.8, 4) is 0 Å². The molecule has 0 aromatic carbocycles. The monoisotopic (exact) mass is 183 g/mol. The van der Waals surface area contributed by atoms with Gasteiger partial charge in [0.25, 0.3) is 0 Å². The van der Waals surface area contributed by atoms with Gasteiger partial charge in [0.2, 0.25) is 0 Å². The second-order valence-corrected chi connectivity index (χ2v) is 4.13. The number of rotatable bonds is 1. The van der Waals surface area contributed by atoms with Gasteiger partial charge in [0.1, 0.15) is 0 Å². The molecule has 0 amide bonds. The van der Waals surface area contributed by atoms with Crippen LogP contribution in [-0.2, 0) is 4.74 Å². The molecule has 1 aromatic heterocycles. The van der Waals surface area contributed by atoms with Crippen molar-refractivity contribution in [1.29, 1.82) is 0 Å². The predicted octanol–water partition coefficient (Wildman–Crippen LogP) is 1.89. The highest BCUT2D eigenvalue weighted by Gasteiger charge is 2.11. The highest BCUT2D eigenvalue weighted by molar-refractivity contribution is 7.10. The Labute approximate surface area is 76.8 Å². The zero-order valence-electron chi connectivity index (χ0n) is 7.25. The van der Waals surface area contributed by atoms with Crippen molar-refractivity contribution in [2.24, 2.45) is 0 Å². The molecule has 2 heterocycles. The van der Waals surface area contributed by atoms with Crippen molar-refractivity contribution in [1.82, 2.24) is 0 Å². The minimum atomic E-state index is 0.870. The molecule has 1 aliphatic rings. The number of aryl methyl sites for hydroxylation is 1. The Bertz CT molecular complexity index is 253. The summed E-state index contributed by atoms with van der Waals surface area (Å²) in [6.45, 7) is 5.96. The molecule has 0 saturated carbocycles. The van der Waals surface area contributed by atoms with Gasteiger partial charge < -0.3 is 9.64 Å². The number of thiophene rings is 1. The molecule has 0 atom stereocenters. The molecule has 0 aliphatic carbocycles. The Morgan fingerprint density at radius 2 is 2.17 bits per heavy atom. The summed E-state index contributed by atoms with van der Waals surface area (Å²) in [5, 5.41) is 2.22. The van der Waals surface area contributed by atoms with Gasteiger partial charge in [-0.05, 0) is 13.0 Å². The van der Waals surface area contributed by atoms with Crippen LogP contribution in [0.2, 0.25) is 0 Å². The maximum absolute atomic E-state index is 5.29. The SMILES string of the molecule is Cc1cc(N2CCOCC2)cs1. The van der Waals surface area contributed by atoms with E-state index < -0.39 is 0 Å². The minimum absolute atomic E-state index is 0.870. The smallest absolute Gasteiger partial charge is 0.0642 e. The minimum Gasteiger partial charge on any atom is -0.378 e. The van der Waals surface area contributed by atoms with Gasteiger partial charge in [-0.3, -0.25) is 0 Å². The molecule has 1 aromatic rings. The first-order valence-electron chi connectivity index (χ1n) is 4.24. The molecule has 1 saturated heterocycles. The van der Waals surface area contributed by atoms with E-state index in [4.69, 9.17) is 4.74 Å². The van der Waals surface area contributed by atoms with Crippen LogP contribution in [0.15, 0.2) is 11.4 Å². The number of hydrogen-bond donors (Lipinski definition) is 0. The topological polar surface area (TPSA) is 12.5 Å². The molecular weight excluding hydrogens is 170 g/mol. The van der Waals surface area contributed by atoms with Crippen LogP contribution in [0.3, 0.4) is 0 Å². The molecule has 1 fully saturated rings. The van der Waals surface area contributed by atoms with Crippen molar-refractivity contribution < 1.29 is 4.74 Å². The van der Waals surface area contributed by atoms with E-state index in [2.05, 4.69) is 23.3 Å². The quantitative estimate of drug-likeness (QED) is 0.659. The molecule has 0 spiro atoms. The van der Waals surface area contributed by atoms with Crippen molar-refractivity contribution in [3.63, 3.8) is 0 Å². The molecule has 3 heteroatoms. The van der Waals surface area contributed by atoms with Gasteiger partial charge in [0.05, 0.1) is 13.2 Å². The zero-order chi connectivity index (χ0) is 8.39. The van der Waals surface area contributed by atoms with E-state index in [1.807, 2.05) is 11.3 Å². The lowest BCUT2D eigenvalue weighted by atomic mass is 10.3. The van der Waals surface area contributed by atoms with Crippen molar-refractivity contribution in [2.75, 3.05) is 31.2 Å². The largest absolute Gasteiger partial charge is 0.378 e. The van der Waals surface area contributed by atoms with Gasteiger partial charge in [0.15, 0.2) is 0 Å². The summed E-state index contributed by atoms with van der Waals surface area (Å²) in [6, 6.07) is 2.25. The number of morpholine rings is 1. The Morgan fingerprint density at radius 1 is 1.42 bits per heavy atom. The van der Waals surface area contributed by atoms with Crippen LogP contribution in [0.5, 0.6) is 0 Å². The van der Waals surface area contributed by atoms with E-state index in [0.717, 1.165) is 26.3 Å². The average molecular weight is 183 g/mol. The summed E-state index contributed by atoms with van der Waals surface area (Å²) in [5.41, 5.74) is 1.36. The van der Waals surface area contributed by atoms with Crippen LogP contribution < -0.4 is 4.90 Å². The lowest BCUT2D eigenvalue weighted by Gasteiger charge is -2.27. The highest BCUT2D eigenvalue weighted by atomic mass is 32.1. The van der Waals surface area contributed by atoms with E-state index in [9.17, 15) is 0 Å². The molecule has 0 radical (unpaired) electrons. The van der Waals surface area contributed by atoms with Gasteiger partial charge in [-0.2, -0.15) is 0 Å². The first-order valence-corrected chi connectivity index (χ1v) is 5.12. The lowest BCUT2D eigenvalue weighted by Crippen LogP contribution is -2.35. The molecule has 2 rings (SSSR count). The molecule has 66 valence electrons. The Morgan fingerprint density at radius 3 is 2.75 bits per heavy atom. The maximum atomic E-state index is 5.29. The van der Waals surface area contributed by atoms with E-state index >= 15 is 0 Å². The fourth-order valence-corrected chi connectivity index (χ4v) is 2.13. The Hall–Kier alpha value is -0.540. The second kappa shape index (κ2) is 3.46. The Balaban J connectivity index is 2.08. The predicted molar refractivity (Wildman–Crippen MR) is 52.1 cm³/mol. The van der Waals surface area contributed by atoms with Crippen LogP contribution in [0.4, 0.5) is 5.69 Å². The van der Waals surface area contributed by atoms with Gasteiger partial charge in [0, 0.05) is 29.0 Å². The summed E-state index contributed by atoms with van der Waals surface area (Å²) in [7, 11) is 0. The van der Waals surface area contributed by atoms with Crippen LogP contribution in [-0.4, -0.2) is 26.3 Å². The van der Waals surface area contributed by atoms with Gasteiger partial charge in [-0.25, -0.2) is 0 Å². The standard InChI is InChI=1S/C9H13NOS/c1-8-6-9(7-12-8)10-2-4-11-5-3-10/h6-7H,2-5H2,1H3. The number of anilines is 1. The number of nitrogens with zero attached hydrogens (tertiary/aromatic N) is 1. The van der Waals surface area contributed by atoms with Crippen LogP contribution in [0.25, 0.3) is 0 Å². The van der Waals surface area contributed by atoms with E-state index in [1.165, 1.54) is 10.6 Å². The Kier molecular flexibility index (Phi) is 2.33. The summed E-state index contributed by atoms with van der Waals surface area (Å²) in [6.07, 6.45) is 0. The normalized spacial score (nSPS) is 18.2. The first kappa shape index (κ1) is 8.08. The molecule has 0 unspecified atom stereocenters. The van der Waals surface area contributed by atoms with Gasteiger partial charge >= 0.3 is 0 Å². The van der Waals surface area contributed by atoms with E-state index in [-0.39, 0.29) is 0 Å².